The van der Waals surface area contributed by atoms with Crippen molar-refractivity contribution in [3.05, 3.63) is 36.5 Å². The molecule has 3 aromatic heterocycles. The zero-order valence-corrected chi connectivity index (χ0v) is 17.8. The maximum absolute atomic E-state index is 9.42. The van der Waals surface area contributed by atoms with Gasteiger partial charge < -0.3 is 20.3 Å². The standard InChI is InChI=1S/C21H25N9O/c1-23-20-17(14-10-26-30(3)13-14)12-25-21(28-20)27-15-8-19(18(9-22)24-11-15)31-16-4-6-29(2)7-5-16/h8,10-13,16H,4-7H2,1-3H3,(H2,23,25,27,28). The van der Waals surface area contributed by atoms with Crippen LogP contribution < -0.4 is 15.4 Å². The minimum Gasteiger partial charge on any atom is -0.487 e. The second-order valence-corrected chi connectivity index (χ2v) is 7.54. The first kappa shape index (κ1) is 20.6. The van der Waals surface area contributed by atoms with E-state index in [2.05, 4.69) is 48.7 Å². The van der Waals surface area contributed by atoms with E-state index in [4.69, 9.17) is 4.74 Å². The van der Waals surface area contributed by atoms with Crippen molar-refractivity contribution < 1.29 is 4.74 Å². The van der Waals surface area contributed by atoms with Crippen LogP contribution in [0, 0.1) is 11.3 Å². The Bertz CT molecular complexity index is 1100. The van der Waals surface area contributed by atoms with E-state index in [0.717, 1.165) is 37.1 Å². The summed E-state index contributed by atoms with van der Waals surface area (Å²) in [5, 5.41) is 19.9. The largest absolute Gasteiger partial charge is 0.487 e. The lowest BCUT2D eigenvalue weighted by atomic mass is 10.1. The Hall–Kier alpha value is -3.71. The van der Waals surface area contributed by atoms with Gasteiger partial charge in [-0.2, -0.15) is 15.3 Å². The van der Waals surface area contributed by atoms with Gasteiger partial charge in [0.05, 0.1) is 18.1 Å². The van der Waals surface area contributed by atoms with Gasteiger partial charge in [-0.1, -0.05) is 0 Å². The zero-order valence-electron chi connectivity index (χ0n) is 17.8. The number of piperidine rings is 1. The van der Waals surface area contributed by atoms with Crippen molar-refractivity contribution in [3.8, 4) is 22.9 Å². The number of likely N-dealkylation sites (tertiary alicyclic amines) is 1. The molecule has 0 atom stereocenters. The Morgan fingerprint density at radius 3 is 2.65 bits per heavy atom. The van der Waals surface area contributed by atoms with E-state index < -0.39 is 0 Å². The third-order valence-electron chi connectivity index (χ3n) is 5.22. The molecule has 0 saturated carbocycles. The predicted octanol–water partition coefficient (Wildman–Crippen LogP) is 2.40. The minimum absolute atomic E-state index is 0.0752. The number of nitriles is 1. The van der Waals surface area contributed by atoms with Gasteiger partial charge in [0, 0.05) is 56.8 Å². The fourth-order valence-electron chi connectivity index (χ4n) is 3.50. The summed E-state index contributed by atoms with van der Waals surface area (Å²) in [6.07, 6.45) is 8.91. The SMILES string of the molecule is CNc1nc(Nc2cnc(C#N)c(OC3CCN(C)CC3)c2)ncc1-c1cnn(C)c1. The summed E-state index contributed by atoms with van der Waals surface area (Å²) in [7, 11) is 5.77. The first-order valence-electron chi connectivity index (χ1n) is 10.1. The molecule has 4 rings (SSSR count). The monoisotopic (exact) mass is 419 g/mol. The maximum atomic E-state index is 9.42. The van der Waals surface area contributed by atoms with Gasteiger partial charge in [-0.05, 0) is 19.9 Å². The van der Waals surface area contributed by atoms with Gasteiger partial charge in [0.25, 0.3) is 0 Å². The second kappa shape index (κ2) is 8.97. The predicted molar refractivity (Wildman–Crippen MR) is 117 cm³/mol. The molecule has 0 aromatic carbocycles. The van der Waals surface area contributed by atoms with Gasteiger partial charge >= 0.3 is 0 Å². The molecule has 1 saturated heterocycles. The number of aryl methyl sites for hydroxylation is 1. The van der Waals surface area contributed by atoms with Gasteiger partial charge in [-0.3, -0.25) is 4.68 Å². The van der Waals surface area contributed by atoms with Crippen LogP contribution in [0.25, 0.3) is 11.1 Å². The third-order valence-corrected chi connectivity index (χ3v) is 5.22. The highest BCUT2D eigenvalue weighted by molar-refractivity contribution is 5.74. The number of nitrogens with one attached hydrogen (secondary N) is 2. The summed E-state index contributed by atoms with van der Waals surface area (Å²) in [6.45, 7) is 1.95. The van der Waals surface area contributed by atoms with Crippen LogP contribution >= 0.6 is 0 Å². The molecular weight excluding hydrogens is 394 g/mol. The molecule has 0 spiro atoms. The topological polar surface area (TPSA) is 117 Å². The Kier molecular flexibility index (Phi) is 5.95. The Balaban J connectivity index is 1.54. The van der Waals surface area contributed by atoms with Crippen LogP contribution in [-0.4, -0.2) is 62.9 Å². The van der Waals surface area contributed by atoms with Crippen LogP contribution in [0.15, 0.2) is 30.9 Å². The van der Waals surface area contributed by atoms with Crippen LogP contribution in [0.3, 0.4) is 0 Å². The summed E-state index contributed by atoms with van der Waals surface area (Å²) < 4.78 is 7.85. The highest BCUT2D eigenvalue weighted by Gasteiger charge is 2.20. The van der Waals surface area contributed by atoms with E-state index in [1.165, 1.54) is 0 Å². The minimum atomic E-state index is 0.0752. The number of aromatic nitrogens is 5. The summed E-state index contributed by atoms with van der Waals surface area (Å²) in [4.78, 5) is 15.5. The average molecular weight is 419 g/mol. The Morgan fingerprint density at radius 1 is 1.16 bits per heavy atom. The van der Waals surface area contributed by atoms with Gasteiger partial charge in [0.15, 0.2) is 11.4 Å². The van der Waals surface area contributed by atoms with E-state index in [-0.39, 0.29) is 11.8 Å². The molecule has 31 heavy (non-hydrogen) atoms. The fraction of sp³-hybridized carbons (Fsp3) is 0.381. The lowest BCUT2D eigenvalue weighted by Crippen LogP contribution is -2.35. The first-order chi connectivity index (χ1) is 15.1. The van der Waals surface area contributed by atoms with Crippen LogP contribution in [0.1, 0.15) is 18.5 Å². The number of rotatable bonds is 6. The summed E-state index contributed by atoms with van der Waals surface area (Å²) in [6, 6.07) is 3.89. The van der Waals surface area contributed by atoms with Crippen molar-refractivity contribution in [2.24, 2.45) is 7.05 Å². The molecule has 0 unspecified atom stereocenters. The zero-order chi connectivity index (χ0) is 21.8. The smallest absolute Gasteiger partial charge is 0.229 e. The first-order valence-corrected chi connectivity index (χ1v) is 10.1. The lowest BCUT2D eigenvalue weighted by Gasteiger charge is -2.29. The molecule has 10 nitrogen and oxygen atoms in total. The number of anilines is 3. The van der Waals surface area contributed by atoms with Crippen molar-refractivity contribution in [2.45, 2.75) is 18.9 Å². The second-order valence-electron chi connectivity index (χ2n) is 7.54. The molecule has 10 heteroatoms. The van der Waals surface area contributed by atoms with Crippen LogP contribution in [0.5, 0.6) is 5.75 Å². The lowest BCUT2D eigenvalue weighted by molar-refractivity contribution is 0.113. The molecule has 160 valence electrons. The van der Waals surface area contributed by atoms with Crippen LogP contribution in [-0.2, 0) is 7.05 Å². The number of pyridine rings is 1. The van der Waals surface area contributed by atoms with Gasteiger partial charge in [0.1, 0.15) is 18.0 Å². The number of hydrogen-bond acceptors (Lipinski definition) is 9. The number of hydrogen-bond donors (Lipinski definition) is 2. The average Bonchev–Trinajstić information content (AvgIpc) is 3.21. The normalized spacial score (nSPS) is 14.8. The number of nitrogens with zero attached hydrogens (tertiary/aromatic N) is 7. The van der Waals surface area contributed by atoms with E-state index in [9.17, 15) is 5.26 Å². The fourth-order valence-corrected chi connectivity index (χ4v) is 3.50. The van der Waals surface area contributed by atoms with Crippen molar-refractivity contribution in [1.29, 1.82) is 5.26 Å². The quantitative estimate of drug-likeness (QED) is 0.621. The number of ether oxygens (including phenoxy) is 1. The molecule has 1 aliphatic heterocycles. The summed E-state index contributed by atoms with van der Waals surface area (Å²) in [5.74, 6) is 1.56. The maximum Gasteiger partial charge on any atom is 0.229 e. The molecule has 0 amide bonds. The van der Waals surface area contributed by atoms with Crippen molar-refractivity contribution in [3.63, 3.8) is 0 Å². The molecular formula is C21H25N9O. The van der Waals surface area contributed by atoms with Crippen LogP contribution in [0.4, 0.5) is 17.5 Å². The van der Waals surface area contributed by atoms with E-state index in [1.54, 1.807) is 29.3 Å². The molecule has 4 heterocycles. The van der Waals surface area contributed by atoms with E-state index >= 15 is 0 Å². The Morgan fingerprint density at radius 2 is 1.97 bits per heavy atom. The van der Waals surface area contributed by atoms with Gasteiger partial charge in [-0.25, -0.2) is 9.97 Å². The Labute approximate surface area is 180 Å². The highest BCUT2D eigenvalue weighted by Crippen LogP contribution is 2.28. The van der Waals surface area contributed by atoms with E-state index in [1.807, 2.05) is 20.3 Å². The molecule has 0 aliphatic carbocycles. The summed E-state index contributed by atoms with van der Waals surface area (Å²) >= 11 is 0. The third kappa shape index (κ3) is 4.73. The molecule has 1 aliphatic rings. The van der Waals surface area contributed by atoms with Gasteiger partial charge in [-0.15, -0.1) is 0 Å². The molecule has 0 bridgehead atoms. The molecule has 2 N–H and O–H groups in total. The molecule has 1 fully saturated rings. The van der Waals surface area contributed by atoms with E-state index in [0.29, 0.717) is 23.2 Å². The summed E-state index contributed by atoms with van der Waals surface area (Å²) in [5.41, 5.74) is 2.70. The molecule has 3 aromatic rings. The van der Waals surface area contributed by atoms with Crippen molar-refractivity contribution >= 4 is 17.5 Å². The van der Waals surface area contributed by atoms with Crippen LogP contribution in [0.2, 0.25) is 0 Å². The highest BCUT2D eigenvalue weighted by atomic mass is 16.5. The molecule has 0 radical (unpaired) electrons. The van der Waals surface area contributed by atoms with Crippen molar-refractivity contribution in [1.82, 2.24) is 29.6 Å². The van der Waals surface area contributed by atoms with Crippen molar-refractivity contribution in [2.75, 3.05) is 37.8 Å². The van der Waals surface area contributed by atoms with Gasteiger partial charge in [0.2, 0.25) is 5.95 Å².